The fourth-order valence-electron chi connectivity index (χ4n) is 2.06. The van der Waals surface area contributed by atoms with Crippen molar-refractivity contribution in [2.45, 2.75) is 45.1 Å². The monoisotopic (exact) mass is 198 g/mol. The van der Waals surface area contributed by atoms with Crippen LogP contribution in [-0.2, 0) is 4.79 Å². The van der Waals surface area contributed by atoms with E-state index in [2.05, 4.69) is 17.6 Å². The molecular formula is C11H22N2O. The van der Waals surface area contributed by atoms with Gasteiger partial charge in [-0.3, -0.25) is 4.79 Å². The predicted molar refractivity (Wildman–Crippen MR) is 58.1 cm³/mol. The van der Waals surface area contributed by atoms with Gasteiger partial charge in [0.15, 0.2) is 0 Å². The van der Waals surface area contributed by atoms with Crippen LogP contribution in [0.25, 0.3) is 0 Å². The molecule has 0 aromatic heterocycles. The van der Waals surface area contributed by atoms with Gasteiger partial charge in [0, 0.05) is 12.5 Å². The fraction of sp³-hybridized carbons (Fsp3) is 0.909. The molecule has 1 rings (SSSR count). The summed E-state index contributed by atoms with van der Waals surface area (Å²) in [5, 5.41) is 6.15. The van der Waals surface area contributed by atoms with E-state index in [9.17, 15) is 4.79 Å². The summed E-state index contributed by atoms with van der Waals surface area (Å²) in [6.07, 6.45) is 5.19. The zero-order valence-corrected chi connectivity index (χ0v) is 9.31. The summed E-state index contributed by atoms with van der Waals surface area (Å²) < 4.78 is 0. The van der Waals surface area contributed by atoms with Crippen LogP contribution in [0.3, 0.4) is 0 Å². The van der Waals surface area contributed by atoms with E-state index < -0.39 is 0 Å². The van der Waals surface area contributed by atoms with Crippen molar-refractivity contribution in [2.75, 3.05) is 13.6 Å². The van der Waals surface area contributed by atoms with Gasteiger partial charge >= 0.3 is 0 Å². The van der Waals surface area contributed by atoms with Gasteiger partial charge in [0.2, 0.25) is 5.91 Å². The molecule has 0 spiro atoms. The summed E-state index contributed by atoms with van der Waals surface area (Å²) >= 11 is 0. The number of hydrogen-bond donors (Lipinski definition) is 2. The number of amides is 1. The Kier molecular flexibility index (Phi) is 4.94. The van der Waals surface area contributed by atoms with Crippen molar-refractivity contribution >= 4 is 5.91 Å². The lowest BCUT2D eigenvalue weighted by Gasteiger charge is -2.12. The van der Waals surface area contributed by atoms with Crippen LogP contribution in [0.15, 0.2) is 0 Å². The molecule has 82 valence electrons. The SMILES string of the molecule is CNCCCC(=O)NC1CCC(C)C1. The van der Waals surface area contributed by atoms with Gasteiger partial charge in [-0.1, -0.05) is 6.92 Å². The van der Waals surface area contributed by atoms with E-state index in [0.717, 1.165) is 25.3 Å². The molecule has 14 heavy (non-hydrogen) atoms. The van der Waals surface area contributed by atoms with Crippen molar-refractivity contribution in [1.82, 2.24) is 10.6 Å². The number of carbonyl (C=O) groups excluding carboxylic acids is 1. The summed E-state index contributed by atoms with van der Waals surface area (Å²) in [5.74, 6) is 1.01. The molecule has 1 fully saturated rings. The topological polar surface area (TPSA) is 41.1 Å². The van der Waals surface area contributed by atoms with Crippen LogP contribution in [-0.4, -0.2) is 25.5 Å². The Morgan fingerprint density at radius 1 is 1.43 bits per heavy atom. The molecule has 1 aliphatic carbocycles. The maximum Gasteiger partial charge on any atom is 0.220 e. The first kappa shape index (κ1) is 11.5. The zero-order chi connectivity index (χ0) is 10.4. The van der Waals surface area contributed by atoms with Gasteiger partial charge in [0.25, 0.3) is 0 Å². The minimum atomic E-state index is 0.222. The predicted octanol–water partition coefficient (Wildman–Crippen LogP) is 1.29. The maximum absolute atomic E-state index is 11.4. The average Bonchev–Trinajstić information content (AvgIpc) is 2.52. The number of rotatable bonds is 5. The van der Waals surface area contributed by atoms with Gasteiger partial charge in [-0.25, -0.2) is 0 Å². The van der Waals surface area contributed by atoms with Crippen LogP contribution in [0.2, 0.25) is 0 Å². The van der Waals surface area contributed by atoms with Crippen molar-refractivity contribution in [3.8, 4) is 0 Å². The summed E-state index contributed by atoms with van der Waals surface area (Å²) in [5.41, 5.74) is 0. The van der Waals surface area contributed by atoms with Crippen molar-refractivity contribution in [3.63, 3.8) is 0 Å². The Morgan fingerprint density at radius 3 is 2.79 bits per heavy atom. The van der Waals surface area contributed by atoms with E-state index in [4.69, 9.17) is 0 Å². The third kappa shape index (κ3) is 4.09. The lowest BCUT2D eigenvalue weighted by Crippen LogP contribution is -2.33. The molecule has 2 atom stereocenters. The first-order chi connectivity index (χ1) is 6.72. The Balaban J connectivity index is 2.08. The molecule has 0 radical (unpaired) electrons. The van der Waals surface area contributed by atoms with Crippen molar-refractivity contribution in [2.24, 2.45) is 5.92 Å². The maximum atomic E-state index is 11.4. The Bertz CT molecular complexity index is 182. The van der Waals surface area contributed by atoms with Gasteiger partial charge in [-0.15, -0.1) is 0 Å². The van der Waals surface area contributed by atoms with Crippen molar-refractivity contribution < 1.29 is 4.79 Å². The van der Waals surface area contributed by atoms with Crippen molar-refractivity contribution in [1.29, 1.82) is 0 Å². The van der Waals surface area contributed by atoms with Gasteiger partial charge in [0.1, 0.15) is 0 Å². The number of nitrogens with one attached hydrogen (secondary N) is 2. The van der Waals surface area contributed by atoms with Gasteiger partial charge in [0.05, 0.1) is 0 Å². The van der Waals surface area contributed by atoms with Crippen LogP contribution in [0, 0.1) is 5.92 Å². The van der Waals surface area contributed by atoms with E-state index in [1.54, 1.807) is 0 Å². The second-order valence-corrected chi connectivity index (χ2v) is 4.39. The number of carbonyl (C=O) groups is 1. The third-order valence-corrected chi connectivity index (χ3v) is 2.89. The normalized spacial score (nSPS) is 26.4. The molecule has 0 aromatic carbocycles. The Hall–Kier alpha value is -0.570. The van der Waals surface area contributed by atoms with E-state index in [1.807, 2.05) is 7.05 Å². The standard InChI is InChI=1S/C11H22N2O/c1-9-5-6-10(8-9)13-11(14)4-3-7-12-2/h9-10,12H,3-8H2,1-2H3,(H,13,14). The second-order valence-electron chi connectivity index (χ2n) is 4.39. The highest BCUT2D eigenvalue weighted by Gasteiger charge is 2.22. The second kappa shape index (κ2) is 6.02. The molecule has 1 amide bonds. The molecule has 3 heteroatoms. The molecule has 3 nitrogen and oxygen atoms in total. The van der Waals surface area contributed by atoms with Crippen LogP contribution >= 0.6 is 0 Å². The summed E-state index contributed by atoms with van der Waals surface area (Å²) in [7, 11) is 1.91. The summed E-state index contributed by atoms with van der Waals surface area (Å²) in [6, 6.07) is 0.451. The fourth-order valence-corrected chi connectivity index (χ4v) is 2.06. The molecule has 0 heterocycles. The molecule has 0 bridgehead atoms. The molecule has 2 unspecified atom stereocenters. The molecule has 0 aromatic rings. The van der Waals surface area contributed by atoms with E-state index >= 15 is 0 Å². The van der Waals surface area contributed by atoms with Gasteiger partial charge < -0.3 is 10.6 Å². The molecule has 0 aliphatic heterocycles. The lowest BCUT2D eigenvalue weighted by atomic mass is 10.1. The van der Waals surface area contributed by atoms with E-state index in [-0.39, 0.29) is 5.91 Å². The lowest BCUT2D eigenvalue weighted by molar-refractivity contribution is -0.121. The Morgan fingerprint density at radius 2 is 2.21 bits per heavy atom. The quantitative estimate of drug-likeness (QED) is 0.654. The highest BCUT2D eigenvalue weighted by Crippen LogP contribution is 2.24. The smallest absolute Gasteiger partial charge is 0.220 e. The zero-order valence-electron chi connectivity index (χ0n) is 9.31. The number of hydrogen-bond acceptors (Lipinski definition) is 2. The molecular weight excluding hydrogens is 176 g/mol. The molecule has 0 saturated heterocycles. The minimum Gasteiger partial charge on any atom is -0.353 e. The Labute approximate surface area is 86.6 Å². The third-order valence-electron chi connectivity index (χ3n) is 2.89. The van der Waals surface area contributed by atoms with Crippen LogP contribution in [0.1, 0.15) is 39.0 Å². The van der Waals surface area contributed by atoms with E-state index in [1.165, 1.54) is 12.8 Å². The van der Waals surface area contributed by atoms with Gasteiger partial charge in [-0.2, -0.15) is 0 Å². The molecule has 2 N–H and O–H groups in total. The van der Waals surface area contributed by atoms with Crippen LogP contribution < -0.4 is 10.6 Å². The largest absolute Gasteiger partial charge is 0.353 e. The highest BCUT2D eigenvalue weighted by molar-refractivity contribution is 5.76. The average molecular weight is 198 g/mol. The molecule has 1 saturated carbocycles. The first-order valence-electron chi connectivity index (χ1n) is 5.66. The van der Waals surface area contributed by atoms with Crippen LogP contribution in [0.4, 0.5) is 0 Å². The highest BCUT2D eigenvalue weighted by atomic mass is 16.1. The van der Waals surface area contributed by atoms with Crippen molar-refractivity contribution in [3.05, 3.63) is 0 Å². The first-order valence-corrected chi connectivity index (χ1v) is 5.66. The van der Waals surface area contributed by atoms with Crippen LogP contribution in [0.5, 0.6) is 0 Å². The van der Waals surface area contributed by atoms with E-state index in [0.29, 0.717) is 12.5 Å². The summed E-state index contributed by atoms with van der Waals surface area (Å²) in [6.45, 7) is 3.18. The minimum absolute atomic E-state index is 0.222. The van der Waals surface area contributed by atoms with Gasteiger partial charge in [-0.05, 0) is 45.2 Å². The molecule has 1 aliphatic rings. The summed E-state index contributed by atoms with van der Waals surface area (Å²) in [4.78, 5) is 11.4.